The van der Waals surface area contributed by atoms with Crippen LogP contribution >= 0.6 is 47.2 Å². The molecule has 1 aromatic rings. The molecule has 1 atom stereocenters. The summed E-state index contributed by atoms with van der Waals surface area (Å²) in [5.41, 5.74) is 1.14. The van der Waals surface area contributed by atoms with E-state index in [1.807, 2.05) is 12.1 Å². The quantitative estimate of drug-likeness (QED) is 0.296. The van der Waals surface area contributed by atoms with Crippen molar-refractivity contribution in [2.45, 2.75) is 51.7 Å². The minimum atomic E-state index is -0.00902. The maximum Gasteiger partial charge on any atom is 0.243 e. The Kier molecular flexibility index (Phi) is 12.4. The third-order valence-electron chi connectivity index (χ3n) is 5.12. The van der Waals surface area contributed by atoms with Gasteiger partial charge in [0.25, 0.3) is 0 Å². The largest absolute Gasteiger partial charge is 0.354 e. The molecular weight excluding hydrogens is 536 g/mol. The maximum atomic E-state index is 11.9. The number of piperidine rings is 1. The molecule has 170 valence electrons. The average Bonchev–Trinajstić information content (AvgIpc) is 2.66. The van der Waals surface area contributed by atoms with Crippen LogP contribution in [0.2, 0.25) is 10.0 Å². The van der Waals surface area contributed by atoms with E-state index in [9.17, 15) is 4.79 Å². The fourth-order valence-corrected chi connectivity index (χ4v) is 3.72. The number of likely N-dealkylation sites (N-methyl/N-ethyl adjacent to an activating group) is 1. The molecule has 9 heteroatoms. The Labute approximate surface area is 207 Å². The zero-order chi connectivity index (χ0) is 21.4. The second-order valence-corrected chi connectivity index (χ2v) is 8.75. The number of nitrogens with one attached hydrogen (secondary N) is 2. The van der Waals surface area contributed by atoms with Crippen molar-refractivity contribution in [3.8, 4) is 0 Å². The molecule has 0 radical (unpaired) electrons. The third kappa shape index (κ3) is 9.58. The number of hydrogen-bond acceptors (Lipinski definition) is 3. The summed E-state index contributed by atoms with van der Waals surface area (Å²) in [5, 5.41) is 8.26. The van der Waals surface area contributed by atoms with E-state index in [4.69, 9.17) is 23.2 Å². The Hall–Kier alpha value is -0.770. The van der Waals surface area contributed by atoms with Crippen molar-refractivity contribution in [1.82, 2.24) is 20.4 Å². The fraction of sp³-hybridized carbons (Fsp3) is 0.619. The van der Waals surface area contributed by atoms with Crippen LogP contribution in [0.4, 0.5) is 0 Å². The van der Waals surface area contributed by atoms with Crippen LogP contribution in [0.3, 0.4) is 0 Å². The van der Waals surface area contributed by atoms with E-state index in [-0.39, 0.29) is 36.4 Å². The molecule has 1 aliphatic heterocycles. The van der Waals surface area contributed by atoms with Crippen molar-refractivity contribution in [3.05, 3.63) is 33.8 Å². The monoisotopic (exact) mass is 569 g/mol. The molecule has 1 saturated heterocycles. The topological polar surface area (TPSA) is 60.0 Å². The molecule has 1 unspecified atom stereocenters. The van der Waals surface area contributed by atoms with Crippen LogP contribution in [0, 0.1) is 0 Å². The van der Waals surface area contributed by atoms with E-state index in [2.05, 4.69) is 34.4 Å². The van der Waals surface area contributed by atoms with Crippen molar-refractivity contribution >= 4 is 59.0 Å². The number of likely N-dealkylation sites (tertiary alicyclic amines) is 1. The molecule has 1 heterocycles. The average molecular weight is 570 g/mol. The van der Waals surface area contributed by atoms with Crippen LogP contribution in [0.15, 0.2) is 23.2 Å². The Morgan fingerprint density at radius 3 is 2.37 bits per heavy atom. The Morgan fingerprint density at radius 2 is 1.83 bits per heavy atom. The zero-order valence-corrected chi connectivity index (χ0v) is 22.1. The van der Waals surface area contributed by atoms with Gasteiger partial charge in [-0.05, 0) is 49.9 Å². The summed E-state index contributed by atoms with van der Waals surface area (Å²) in [7, 11) is 3.49. The third-order valence-corrected chi connectivity index (χ3v) is 5.56. The summed E-state index contributed by atoms with van der Waals surface area (Å²) in [5.74, 6) is 0.708. The lowest BCUT2D eigenvalue weighted by molar-refractivity contribution is -0.127. The van der Waals surface area contributed by atoms with E-state index in [0.29, 0.717) is 22.1 Å². The van der Waals surface area contributed by atoms with Crippen LogP contribution in [-0.4, -0.2) is 67.5 Å². The van der Waals surface area contributed by atoms with Gasteiger partial charge in [0.15, 0.2) is 5.96 Å². The summed E-state index contributed by atoms with van der Waals surface area (Å²) >= 11 is 12.2. The first kappa shape index (κ1) is 27.3. The molecule has 1 aliphatic rings. The van der Waals surface area contributed by atoms with Gasteiger partial charge in [0.2, 0.25) is 5.91 Å². The lowest BCUT2D eigenvalue weighted by atomic mass is 10.0. The van der Waals surface area contributed by atoms with Gasteiger partial charge in [-0.3, -0.25) is 9.69 Å². The van der Waals surface area contributed by atoms with Crippen LogP contribution < -0.4 is 10.6 Å². The van der Waals surface area contributed by atoms with Crippen molar-refractivity contribution in [2.75, 3.05) is 33.7 Å². The summed E-state index contributed by atoms with van der Waals surface area (Å²) in [6.07, 6.45) is 3.01. The molecule has 0 saturated carbocycles. The molecule has 0 spiro atoms. The van der Waals surface area contributed by atoms with Crippen LogP contribution in [-0.2, 0) is 11.3 Å². The normalized spacial score (nSPS) is 16.5. The van der Waals surface area contributed by atoms with Crippen LogP contribution in [0.5, 0.6) is 0 Å². The zero-order valence-electron chi connectivity index (χ0n) is 18.3. The molecule has 30 heavy (non-hydrogen) atoms. The fourth-order valence-electron chi connectivity index (χ4n) is 3.15. The number of aliphatic imine (C=N–C) groups is 1. The van der Waals surface area contributed by atoms with E-state index in [1.54, 1.807) is 25.1 Å². The number of carbonyl (C=O) groups excluding carboxylic acids is 1. The first-order valence-corrected chi connectivity index (χ1v) is 11.0. The number of rotatable bonds is 7. The number of hydrogen-bond donors (Lipinski definition) is 2. The van der Waals surface area contributed by atoms with Gasteiger partial charge in [0.05, 0.1) is 0 Å². The highest BCUT2D eigenvalue weighted by Crippen LogP contribution is 2.21. The molecule has 0 aliphatic carbocycles. The van der Waals surface area contributed by atoms with Gasteiger partial charge in [-0.1, -0.05) is 30.1 Å². The number of amides is 1. The highest BCUT2D eigenvalue weighted by atomic mass is 127. The number of guanidine groups is 1. The van der Waals surface area contributed by atoms with Crippen LogP contribution in [0.25, 0.3) is 0 Å². The first-order chi connectivity index (χ1) is 13.8. The van der Waals surface area contributed by atoms with Crippen molar-refractivity contribution in [1.29, 1.82) is 0 Å². The smallest absolute Gasteiger partial charge is 0.243 e. The maximum absolute atomic E-state index is 11.9. The molecule has 1 amide bonds. The molecule has 0 bridgehead atoms. The SMILES string of the molecule is CCC(C)NC(=NCC(=O)N(C)C)NC1CCN(Cc2cc(Cl)cc(Cl)c2)CC1.I. The minimum Gasteiger partial charge on any atom is -0.354 e. The molecule has 0 aromatic heterocycles. The highest BCUT2D eigenvalue weighted by molar-refractivity contribution is 14.0. The standard InChI is InChI=1S/C21H33Cl2N5O.HI/c1-5-15(2)25-21(24-13-20(29)27(3)4)26-19-6-8-28(9-7-19)14-16-10-17(22)12-18(23)11-16;/h10-12,15,19H,5-9,13-14H2,1-4H3,(H2,24,25,26);1H. The number of nitrogens with zero attached hydrogens (tertiary/aromatic N) is 3. The Morgan fingerprint density at radius 1 is 1.23 bits per heavy atom. The Balaban J connectivity index is 0.00000450. The van der Waals surface area contributed by atoms with E-state index in [0.717, 1.165) is 50.4 Å². The van der Waals surface area contributed by atoms with E-state index < -0.39 is 0 Å². The van der Waals surface area contributed by atoms with Gasteiger partial charge in [0, 0.05) is 55.9 Å². The highest BCUT2D eigenvalue weighted by Gasteiger charge is 2.21. The van der Waals surface area contributed by atoms with Crippen molar-refractivity contribution < 1.29 is 4.79 Å². The molecule has 2 N–H and O–H groups in total. The second kappa shape index (κ2) is 13.6. The minimum absolute atomic E-state index is 0. The van der Waals surface area contributed by atoms with Gasteiger partial charge in [-0.15, -0.1) is 24.0 Å². The predicted octanol–water partition coefficient (Wildman–Crippen LogP) is 4.00. The summed E-state index contributed by atoms with van der Waals surface area (Å²) in [4.78, 5) is 20.4. The Bertz CT molecular complexity index is 688. The van der Waals surface area contributed by atoms with Gasteiger partial charge in [0.1, 0.15) is 6.54 Å². The first-order valence-electron chi connectivity index (χ1n) is 10.2. The van der Waals surface area contributed by atoms with Gasteiger partial charge < -0.3 is 15.5 Å². The summed E-state index contributed by atoms with van der Waals surface area (Å²) < 4.78 is 0. The lowest BCUT2D eigenvalue weighted by Crippen LogP contribution is -2.50. The second-order valence-electron chi connectivity index (χ2n) is 7.88. The number of carbonyl (C=O) groups is 1. The molecule has 2 rings (SSSR count). The van der Waals surface area contributed by atoms with Crippen LogP contribution in [0.1, 0.15) is 38.7 Å². The molecule has 1 fully saturated rings. The number of halogens is 3. The van der Waals surface area contributed by atoms with Gasteiger partial charge >= 0.3 is 0 Å². The predicted molar refractivity (Wildman–Crippen MR) is 137 cm³/mol. The molecule has 1 aromatic carbocycles. The van der Waals surface area contributed by atoms with Gasteiger partial charge in [-0.25, -0.2) is 4.99 Å². The molecule has 6 nitrogen and oxygen atoms in total. The van der Waals surface area contributed by atoms with Crippen molar-refractivity contribution in [3.63, 3.8) is 0 Å². The van der Waals surface area contributed by atoms with E-state index >= 15 is 0 Å². The molecular formula is C21H34Cl2IN5O. The summed E-state index contributed by atoms with van der Waals surface area (Å²) in [6, 6.07) is 6.33. The van der Waals surface area contributed by atoms with E-state index in [1.165, 1.54) is 0 Å². The summed E-state index contributed by atoms with van der Waals surface area (Å²) in [6.45, 7) is 7.19. The van der Waals surface area contributed by atoms with Gasteiger partial charge in [-0.2, -0.15) is 0 Å². The number of benzene rings is 1. The van der Waals surface area contributed by atoms with Crippen molar-refractivity contribution in [2.24, 2.45) is 4.99 Å². The lowest BCUT2D eigenvalue weighted by Gasteiger charge is -2.33.